The fourth-order valence-electron chi connectivity index (χ4n) is 2.07. The van der Waals surface area contributed by atoms with Gasteiger partial charge in [0.15, 0.2) is 4.90 Å². The highest BCUT2D eigenvalue weighted by molar-refractivity contribution is 7.89. The van der Waals surface area contributed by atoms with Gasteiger partial charge in [-0.2, -0.15) is 4.31 Å². The van der Waals surface area contributed by atoms with Crippen molar-refractivity contribution in [3.8, 4) is 0 Å². The molecule has 106 valence electrons. The molecule has 1 aliphatic heterocycles. The molecule has 8 nitrogen and oxygen atoms in total. The van der Waals surface area contributed by atoms with Crippen LogP contribution >= 0.6 is 0 Å². The number of hydrogen-bond donors (Lipinski definition) is 3. The fraction of sp³-hybridized carbons (Fsp3) is 0.600. The molecule has 19 heavy (non-hydrogen) atoms. The van der Waals surface area contributed by atoms with Gasteiger partial charge in [-0.15, -0.1) is 0 Å². The summed E-state index contributed by atoms with van der Waals surface area (Å²) < 4.78 is 25.9. The first-order valence-corrected chi connectivity index (χ1v) is 7.34. The van der Waals surface area contributed by atoms with Gasteiger partial charge in [0, 0.05) is 25.3 Å². The lowest BCUT2D eigenvalue weighted by molar-refractivity contribution is 0.250. The zero-order valence-corrected chi connectivity index (χ0v) is 11.2. The first-order valence-electron chi connectivity index (χ1n) is 5.90. The normalized spacial score (nSPS) is 25.4. The molecule has 1 aromatic rings. The summed E-state index contributed by atoms with van der Waals surface area (Å²) in [6.45, 7) is 2.40. The lowest BCUT2D eigenvalue weighted by atomic mass is 9.96. The van der Waals surface area contributed by atoms with Crippen LogP contribution in [0, 0.1) is 5.92 Å². The molecule has 2 rings (SSSR count). The number of H-pyrrole nitrogens is 2. The standard InChI is InChI=1S/C10H16N4O4S/c1-6-5-14(3-2-7(6)11)19(17,18)8-4-12-10(16)13-9(8)15/h4,6-7H,2-3,5,11H2,1H3,(H2,12,13,15,16). The van der Waals surface area contributed by atoms with E-state index in [-0.39, 0.29) is 25.0 Å². The molecule has 1 fully saturated rings. The molecule has 0 saturated carbocycles. The summed E-state index contributed by atoms with van der Waals surface area (Å²) in [7, 11) is -3.90. The number of nitrogens with two attached hydrogens (primary N) is 1. The van der Waals surface area contributed by atoms with Gasteiger partial charge >= 0.3 is 5.69 Å². The number of nitrogens with one attached hydrogen (secondary N) is 2. The van der Waals surface area contributed by atoms with Gasteiger partial charge in [0.1, 0.15) is 0 Å². The van der Waals surface area contributed by atoms with Gasteiger partial charge in [-0.25, -0.2) is 13.2 Å². The van der Waals surface area contributed by atoms with Gasteiger partial charge in [0.05, 0.1) is 0 Å². The number of aromatic nitrogens is 2. The van der Waals surface area contributed by atoms with Crippen LogP contribution in [-0.4, -0.2) is 41.8 Å². The largest absolute Gasteiger partial charge is 0.327 e. The van der Waals surface area contributed by atoms with Crippen LogP contribution in [0.15, 0.2) is 20.7 Å². The van der Waals surface area contributed by atoms with Crippen molar-refractivity contribution in [1.29, 1.82) is 0 Å². The number of sulfonamides is 1. The first-order chi connectivity index (χ1) is 8.82. The highest BCUT2D eigenvalue weighted by atomic mass is 32.2. The monoisotopic (exact) mass is 288 g/mol. The number of aromatic amines is 2. The third-order valence-corrected chi connectivity index (χ3v) is 5.21. The van der Waals surface area contributed by atoms with E-state index < -0.39 is 26.2 Å². The smallest absolute Gasteiger partial charge is 0.325 e. The molecule has 1 aromatic heterocycles. The molecular formula is C10H16N4O4S. The summed E-state index contributed by atoms with van der Waals surface area (Å²) in [4.78, 5) is 26.1. The van der Waals surface area contributed by atoms with Crippen LogP contribution in [0.25, 0.3) is 0 Å². The molecule has 0 bridgehead atoms. The summed E-state index contributed by atoms with van der Waals surface area (Å²) >= 11 is 0. The first kappa shape index (κ1) is 14.0. The zero-order chi connectivity index (χ0) is 14.2. The lowest BCUT2D eigenvalue weighted by Crippen LogP contribution is -2.49. The Balaban J connectivity index is 2.38. The van der Waals surface area contributed by atoms with Gasteiger partial charge in [-0.05, 0) is 12.3 Å². The topological polar surface area (TPSA) is 129 Å². The number of nitrogens with zero attached hydrogens (tertiary/aromatic N) is 1. The van der Waals surface area contributed by atoms with Crippen molar-refractivity contribution in [2.24, 2.45) is 11.7 Å². The van der Waals surface area contributed by atoms with Crippen molar-refractivity contribution in [2.75, 3.05) is 13.1 Å². The minimum Gasteiger partial charge on any atom is -0.327 e. The maximum Gasteiger partial charge on any atom is 0.325 e. The quantitative estimate of drug-likeness (QED) is 0.605. The van der Waals surface area contributed by atoms with E-state index in [1.54, 1.807) is 0 Å². The molecule has 2 unspecified atom stereocenters. The second kappa shape index (κ2) is 4.91. The van der Waals surface area contributed by atoms with Gasteiger partial charge < -0.3 is 10.7 Å². The molecule has 1 saturated heterocycles. The van der Waals surface area contributed by atoms with Gasteiger partial charge in [0.25, 0.3) is 5.56 Å². The molecule has 1 aliphatic rings. The summed E-state index contributed by atoms with van der Waals surface area (Å²) in [5.74, 6) is 0.0189. The third-order valence-electron chi connectivity index (χ3n) is 3.34. The highest BCUT2D eigenvalue weighted by Crippen LogP contribution is 2.20. The van der Waals surface area contributed by atoms with Crippen molar-refractivity contribution >= 4 is 10.0 Å². The predicted octanol–water partition coefficient (Wildman–Crippen LogP) is -1.58. The number of piperidine rings is 1. The molecule has 9 heteroatoms. The molecule has 0 radical (unpaired) electrons. The molecule has 0 aromatic carbocycles. The van der Waals surface area contributed by atoms with Crippen molar-refractivity contribution in [3.63, 3.8) is 0 Å². The molecule has 2 heterocycles. The Hall–Kier alpha value is -1.45. The van der Waals surface area contributed by atoms with E-state index in [4.69, 9.17) is 5.73 Å². The highest BCUT2D eigenvalue weighted by Gasteiger charge is 2.33. The Morgan fingerprint density at radius 2 is 2.11 bits per heavy atom. The molecule has 0 amide bonds. The van der Waals surface area contributed by atoms with Gasteiger partial charge in [-0.3, -0.25) is 9.78 Å². The van der Waals surface area contributed by atoms with Crippen LogP contribution in [0.2, 0.25) is 0 Å². The molecule has 2 atom stereocenters. The van der Waals surface area contributed by atoms with Crippen molar-refractivity contribution in [1.82, 2.24) is 14.3 Å². The lowest BCUT2D eigenvalue weighted by Gasteiger charge is -2.33. The van der Waals surface area contributed by atoms with Crippen LogP contribution in [0.1, 0.15) is 13.3 Å². The Morgan fingerprint density at radius 1 is 1.42 bits per heavy atom. The summed E-state index contributed by atoms with van der Waals surface area (Å²) in [5, 5.41) is 0. The summed E-state index contributed by atoms with van der Waals surface area (Å²) in [6.07, 6.45) is 1.47. The number of hydrogen-bond acceptors (Lipinski definition) is 5. The third kappa shape index (κ3) is 2.62. The van der Waals surface area contributed by atoms with E-state index in [1.807, 2.05) is 11.9 Å². The van der Waals surface area contributed by atoms with Gasteiger partial charge in [0.2, 0.25) is 10.0 Å². The minimum atomic E-state index is -3.90. The van der Waals surface area contributed by atoms with Crippen molar-refractivity contribution in [3.05, 3.63) is 27.0 Å². The van der Waals surface area contributed by atoms with E-state index >= 15 is 0 Å². The van der Waals surface area contributed by atoms with E-state index in [0.29, 0.717) is 6.42 Å². The molecular weight excluding hydrogens is 272 g/mol. The van der Waals surface area contributed by atoms with Crippen LogP contribution in [-0.2, 0) is 10.0 Å². The Kier molecular flexibility index (Phi) is 3.61. The maximum atomic E-state index is 12.3. The Bertz CT molecular complexity index is 677. The van der Waals surface area contributed by atoms with Crippen LogP contribution in [0.5, 0.6) is 0 Å². The Labute approximate surface area is 109 Å². The van der Waals surface area contributed by atoms with E-state index in [9.17, 15) is 18.0 Å². The van der Waals surface area contributed by atoms with Crippen molar-refractivity contribution < 1.29 is 8.42 Å². The molecule has 0 aliphatic carbocycles. The van der Waals surface area contributed by atoms with Gasteiger partial charge in [-0.1, -0.05) is 6.92 Å². The molecule has 4 N–H and O–H groups in total. The zero-order valence-electron chi connectivity index (χ0n) is 10.4. The second-order valence-corrected chi connectivity index (χ2v) is 6.64. The summed E-state index contributed by atoms with van der Waals surface area (Å²) in [5.41, 5.74) is 4.19. The maximum absolute atomic E-state index is 12.3. The minimum absolute atomic E-state index is 0.0189. The summed E-state index contributed by atoms with van der Waals surface area (Å²) in [6, 6.07) is -0.0414. The molecule has 0 spiro atoms. The fourth-order valence-corrected chi connectivity index (χ4v) is 3.62. The average Bonchev–Trinajstić information content (AvgIpc) is 2.32. The van der Waals surface area contributed by atoms with Crippen LogP contribution in [0.4, 0.5) is 0 Å². The van der Waals surface area contributed by atoms with Crippen LogP contribution in [0.3, 0.4) is 0 Å². The average molecular weight is 288 g/mol. The van der Waals surface area contributed by atoms with E-state index in [0.717, 1.165) is 6.20 Å². The van der Waals surface area contributed by atoms with Crippen LogP contribution < -0.4 is 17.0 Å². The second-order valence-electron chi connectivity index (χ2n) is 4.73. The predicted molar refractivity (Wildman–Crippen MR) is 68.2 cm³/mol. The van der Waals surface area contributed by atoms with E-state index in [2.05, 4.69) is 4.98 Å². The Morgan fingerprint density at radius 3 is 2.68 bits per heavy atom. The SMILES string of the molecule is CC1CN(S(=O)(=O)c2c[nH]c(=O)[nH]c2=O)CCC1N. The van der Waals surface area contributed by atoms with Crippen molar-refractivity contribution in [2.45, 2.75) is 24.3 Å². The van der Waals surface area contributed by atoms with E-state index in [1.165, 1.54) is 4.31 Å². The number of rotatable bonds is 2.